The van der Waals surface area contributed by atoms with E-state index in [1.807, 2.05) is 0 Å². The molecule has 1 aromatic rings. The van der Waals surface area contributed by atoms with E-state index < -0.39 is 11.8 Å². The van der Waals surface area contributed by atoms with Crippen LogP contribution in [0.25, 0.3) is 0 Å². The molecular weight excluding hydrogens is 244 g/mol. The van der Waals surface area contributed by atoms with Gasteiger partial charge in [0.25, 0.3) is 5.92 Å². The molecule has 0 spiro atoms. The lowest BCUT2D eigenvalue weighted by atomic mass is 9.89. The Labute approximate surface area is 105 Å². The van der Waals surface area contributed by atoms with Gasteiger partial charge in [-0.3, -0.25) is 0 Å². The van der Waals surface area contributed by atoms with Crippen molar-refractivity contribution in [2.24, 2.45) is 5.92 Å². The highest BCUT2D eigenvalue weighted by Crippen LogP contribution is 2.41. The van der Waals surface area contributed by atoms with Crippen LogP contribution in [0.1, 0.15) is 24.8 Å². The molecule has 1 aromatic carbocycles. The Morgan fingerprint density at radius 3 is 2.82 bits per heavy atom. The number of alkyl halides is 2. The summed E-state index contributed by atoms with van der Waals surface area (Å²) in [5.41, 5.74) is 0.0388. The van der Waals surface area contributed by atoms with Gasteiger partial charge < -0.3 is 5.32 Å². The van der Waals surface area contributed by atoms with Crippen LogP contribution in [0.15, 0.2) is 24.3 Å². The number of nitrogens with one attached hydrogen (secondary N) is 1. The maximum Gasteiger partial charge on any atom is 0.276 e. The molecule has 1 nitrogen and oxygen atoms in total. The smallest absolute Gasteiger partial charge is 0.276 e. The van der Waals surface area contributed by atoms with Crippen molar-refractivity contribution in [2.75, 3.05) is 13.1 Å². The number of halogens is 3. The lowest BCUT2D eigenvalue weighted by Crippen LogP contribution is -2.26. The Morgan fingerprint density at radius 1 is 1.24 bits per heavy atom. The van der Waals surface area contributed by atoms with Crippen LogP contribution in [0.2, 0.25) is 5.02 Å². The van der Waals surface area contributed by atoms with Crippen LogP contribution in [0.3, 0.4) is 0 Å². The zero-order valence-electron chi connectivity index (χ0n) is 9.56. The van der Waals surface area contributed by atoms with Crippen LogP contribution in [0, 0.1) is 5.92 Å². The maximum absolute atomic E-state index is 14.3. The molecule has 1 aliphatic rings. The van der Waals surface area contributed by atoms with Crippen LogP contribution >= 0.6 is 11.6 Å². The monoisotopic (exact) mass is 259 g/mol. The van der Waals surface area contributed by atoms with Gasteiger partial charge in [0.05, 0.1) is 0 Å². The van der Waals surface area contributed by atoms with Crippen molar-refractivity contribution in [3.8, 4) is 0 Å². The number of hydrogen-bond donors (Lipinski definition) is 1. The first kappa shape index (κ1) is 12.8. The second-order valence-electron chi connectivity index (χ2n) is 4.51. The molecular formula is C13H16ClF2N. The first-order valence-electron chi connectivity index (χ1n) is 5.95. The standard InChI is InChI=1S/C13H16ClF2N/c14-12-5-1-3-11(9-12)13(15,16)10-4-2-7-17-8-6-10/h1,3,5,9-10,17H,2,4,6-8H2. The Morgan fingerprint density at radius 2 is 2.06 bits per heavy atom. The Kier molecular flexibility index (Phi) is 4.00. The first-order chi connectivity index (χ1) is 8.10. The topological polar surface area (TPSA) is 12.0 Å². The highest BCUT2D eigenvalue weighted by molar-refractivity contribution is 6.30. The van der Waals surface area contributed by atoms with Crippen molar-refractivity contribution in [1.29, 1.82) is 0 Å². The summed E-state index contributed by atoms with van der Waals surface area (Å²) < 4.78 is 28.6. The van der Waals surface area contributed by atoms with Gasteiger partial charge in [0.2, 0.25) is 0 Å². The van der Waals surface area contributed by atoms with E-state index in [0.717, 1.165) is 13.0 Å². The third kappa shape index (κ3) is 2.96. The molecule has 17 heavy (non-hydrogen) atoms. The molecule has 94 valence electrons. The lowest BCUT2D eigenvalue weighted by Gasteiger charge is -2.26. The van der Waals surface area contributed by atoms with Crippen molar-refractivity contribution in [2.45, 2.75) is 25.2 Å². The maximum atomic E-state index is 14.3. The summed E-state index contributed by atoms with van der Waals surface area (Å²) >= 11 is 5.78. The minimum Gasteiger partial charge on any atom is -0.317 e. The zero-order valence-corrected chi connectivity index (χ0v) is 10.3. The zero-order chi connectivity index (χ0) is 12.3. The lowest BCUT2D eigenvalue weighted by molar-refractivity contribution is -0.0694. The minimum atomic E-state index is -2.78. The summed E-state index contributed by atoms with van der Waals surface area (Å²) in [7, 11) is 0. The highest BCUT2D eigenvalue weighted by atomic mass is 35.5. The molecule has 1 atom stereocenters. The average Bonchev–Trinajstić information content (AvgIpc) is 2.58. The second kappa shape index (κ2) is 5.32. The Hall–Kier alpha value is -0.670. The predicted octanol–water partition coefficient (Wildman–Crippen LogP) is 3.82. The molecule has 1 unspecified atom stereocenters. The van der Waals surface area contributed by atoms with E-state index in [9.17, 15) is 8.78 Å². The summed E-state index contributed by atoms with van der Waals surface area (Å²) in [5, 5.41) is 3.52. The van der Waals surface area contributed by atoms with Gasteiger partial charge in [-0.1, -0.05) is 23.7 Å². The molecule has 0 amide bonds. The third-order valence-corrected chi connectivity index (χ3v) is 3.53. The van der Waals surface area contributed by atoms with E-state index in [4.69, 9.17) is 11.6 Å². The van der Waals surface area contributed by atoms with Gasteiger partial charge in [-0.05, 0) is 44.5 Å². The summed E-state index contributed by atoms with van der Waals surface area (Å²) in [6.07, 6.45) is 1.88. The Bertz CT molecular complexity index is 373. The fraction of sp³-hybridized carbons (Fsp3) is 0.538. The van der Waals surface area contributed by atoms with Crippen molar-refractivity contribution in [1.82, 2.24) is 5.32 Å². The van der Waals surface area contributed by atoms with Gasteiger partial charge in [0.1, 0.15) is 0 Å². The van der Waals surface area contributed by atoms with Gasteiger partial charge in [-0.15, -0.1) is 0 Å². The molecule has 1 saturated heterocycles. The molecule has 4 heteroatoms. The van der Waals surface area contributed by atoms with Gasteiger partial charge in [0.15, 0.2) is 0 Å². The quantitative estimate of drug-likeness (QED) is 0.851. The molecule has 0 aliphatic carbocycles. The molecule has 0 saturated carbocycles. The normalized spacial score (nSPS) is 22.2. The number of rotatable bonds is 2. The third-order valence-electron chi connectivity index (χ3n) is 3.30. The summed E-state index contributed by atoms with van der Waals surface area (Å²) in [6, 6.07) is 6.04. The fourth-order valence-electron chi connectivity index (χ4n) is 2.31. The fourth-order valence-corrected chi connectivity index (χ4v) is 2.50. The van der Waals surface area contributed by atoms with Crippen LogP contribution in [-0.4, -0.2) is 13.1 Å². The van der Waals surface area contributed by atoms with Crippen LogP contribution in [0.4, 0.5) is 8.78 Å². The summed E-state index contributed by atoms with van der Waals surface area (Å²) in [4.78, 5) is 0. The van der Waals surface area contributed by atoms with E-state index >= 15 is 0 Å². The van der Waals surface area contributed by atoms with Gasteiger partial charge in [-0.25, -0.2) is 8.78 Å². The SMILES string of the molecule is FC(F)(c1cccc(Cl)c1)C1CCCNCC1. The van der Waals surface area contributed by atoms with E-state index in [1.54, 1.807) is 12.1 Å². The Balaban J connectivity index is 2.21. The average molecular weight is 260 g/mol. The van der Waals surface area contributed by atoms with Crippen LogP contribution < -0.4 is 5.32 Å². The van der Waals surface area contributed by atoms with Crippen molar-refractivity contribution >= 4 is 11.6 Å². The van der Waals surface area contributed by atoms with Crippen LogP contribution in [-0.2, 0) is 5.92 Å². The van der Waals surface area contributed by atoms with Crippen LogP contribution in [0.5, 0.6) is 0 Å². The van der Waals surface area contributed by atoms with Crippen molar-refractivity contribution in [3.05, 3.63) is 34.9 Å². The van der Waals surface area contributed by atoms with Gasteiger partial charge >= 0.3 is 0 Å². The summed E-state index contributed by atoms with van der Waals surface area (Å²) in [5.74, 6) is -3.37. The molecule has 0 bridgehead atoms. The van der Waals surface area contributed by atoms with E-state index in [0.29, 0.717) is 24.4 Å². The first-order valence-corrected chi connectivity index (χ1v) is 6.33. The van der Waals surface area contributed by atoms with Crippen molar-refractivity contribution < 1.29 is 8.78 Å². The molecule has 2 rings (SSSR count). The van der Waals surface area contributed by atoms with E-state index in [2.05, 4.69) is 5.32 Å². The van der Waals surface area contributed by atoms with Gasteiger partial charge in [-0.2, -0.15) is 0 Å². The van der Waals surface area contributed by atoms with Gasteiger partial charge in [0, 0.05) is 16.5 Å². The minimum absolute atomic E-state index is 0.0388. The molecule has 1 aliphatic heterocycles. The molecule has 1 N–H and O–H groups in total. The molecule has 0 radical (unpaired) electrons. The largest absolute Gasteiger partial charge is 0.317 e. The predicted molar refractivity (Wildman–Crippen MR) is 65.6 cm³/mol. The van der Waals surface area contributed by atoms with E-state index in [-0.39, 0.29) is 5.56 Å². The summed E-state index contributed by atoms with van der Waals surface area (Å²) in [6.45, 7) is 1.50. The molecule has 1 heterocycles. The number of benzene rings is 1. The highest BCUT2D eigenvalue weighted by Gasteiger charge is 2.40. The molecule has 1 fully saturated rings. The number of hydrogen-bond acceptors (Lipinski definition) is 1. The van der Waals surface area contributed by atoms with E-state index in [1.165, 1.54) is 12.1 Å². The van der Waals surface area contributed by atoms with Crippen molar-refractivity contribution in [3.63, 3.8) is 0 Å². The second-order valence-corrected chi connectivity index (χ2v) is 4.95. The molecule has 0 aromatic heterocycles.